The van der Waals surface area contributed by atoms with Crippen LogP contribution in [-0.4, -0.2) is 0 Å². The summed E-state index contributed by atoms with van der Waals surface area (Å²) in [5.41, 5.74) is 4.11. The standard InChI is InChI=1S/C12H20N2O/c1-9-3-2-4-10(7-9)12(14-13)11-5-6-15-8-11/h5-6,8-10,12,14H,2-4,7,13H2,1H3. The summed E-state index contributed by atoms with van der Waals surface area (Å²) in [5, 5.41) is 0. The van der Waals surface area contributed by atoms with Gasteiger partial charge in [0, 0.05) is 5.56 Å². The van der Waals surface area contributed by atoms with Crippen molar-refractivity contribution in [3.05, 3.63) is 24.2 Å². The second-order valence-corrected chi connectivity index (χ2v) is 4.73. The molecule has 3 unspecified atom stereocenters. The van der Waals surface area contributed by atoms with Crippen molar-refractivity contribution in [2.24, 2.45) is 17.7 Å². The first-order chi connectivity index (χ1) is 7.31. The quantitative estimate of drug-likeness (QED) is 0.593. The molecule has 3 heteroatoms. The Hall–Kier alpha value is -0.800. The Morgan fingerprint density at radius 1 is 1.53 bits per heavy atom. The van der Waals surface area contributed by atoms with E-state index in [1.54, 1.807) is 12.5 Å². The molecule has 3 nitrogen and oxygen atoms in total. The van der Waals surface area contributed by atoms with Crippen LogP contribution in [0.4, 0.5) is 0 Å². The zero-order chi connectivity index (χ0) is 10.7. The van der Waals surface area contributed by atoms with Gasteiger partial charge in [-0.1, -0.05) is 19.8 Å². The number of nitrogens with one attached hydrogen (secondary N) is 1. The van der Waals surface area contributed by atoms with Crippen LogP contribution in [0.1, 0.15) is 44.2 Å². The van der Waals surface area contributed by atoms with Crippen LogP contribution in [0.5, 0.6) is 0 Å². The lowest BCUT2D eigenvalue weighted by Crippen LogP contribution is -2.35. The monoisotopic (exact) mass is 208 g/mol. The summed E-state index contributed by atoms with van der Waals surface area (Å²) in [6.07, 6.45) is 8.72. The van der Waals surface area contributed by atoms with Crippen molar-refractivity contribution in [3.8, 4) is 0 Å². The average molecular weight is 208 g/mol. The lowest BCUT2D eigenvalue weighted by Gasteiger charge is -2.32. The van der Waals surface area contributed by atoms with E-state index in [4.69, 9.17) is 10.3 Å². The van der Waals surface area contributed by atoms with E-state index in [9.17, 15) is 0 Å². The van der Waals surface area contributed by atoms with Gasteiger partial charge in [-0.2, -0.15) is 0 Å². The highest BCUT2D eigenvalue weighted by atomic mass is 16.3. The maximum atomic E-state index is 5.65. The van der Waals surface area contributed by atoms with Crippen molar-refractivity contribution in [2.75, 3.05) is 0 Å². The fraction of sp³-hybridized carbons (Fsp3) is 0.667. The van der Waals surface area contributed by atoms with Crippen LogP contribution in [0.3, 0.4) is 0 Å². The van der Waals surface area contributed by atoms with E-state index in [1.807, 2.05) is 6.07 Å². The number of hydrazine groups is 1. The Kier molecular flexibility index (Phi) is 3.44. The summed E-state index contributed by atoms with van der Waals surface area (Å²) in [7, 11) is 0. The summed E-state index contributed by atoms with van der Waals surface area (Å²) in [6, 6.07) is 2.26. The highest BCUT2D eigenvalue weighted by Crippen LogP contribution is 2.36. The Labute approximate surface area is 91.0 Å². The van der Waals surface area contributed by atoms with Gasteiger partial charge >= 0.3 is 0 Å². The van der Waals surface area contributed by atoms with Crippen molar-refractivity contribution in [3.63, 3.8) is 0 Å². The smallest absolute Gasteiger partial charge is 0.0950 e. The van der Waals surface area contributed by atoms with Crippen molar-refractivity contribution >= 4 is 0 Å². The van der Waals surface area contributed by atoms with Gasteiger partial charge in [0.05, 0.1) is 18.6 Å². The van der Waals surface area contributed by atoms with E-state index in [0.29, 0.717) is 5.92 Å². The fourth-order valence-corrected chi connectivity index (χ4v) is 2.74. The van der Waals surface area contributed by atoms with E-state index in [1.165, 1.54) is 31.2 Å². The molecule has 1 aliphatic rings. The fourth-order valence-electron chi connectivity index (χ4n) is 2.74. The number of hydrogen-bond donors (Lipinski definition) is 2. The predicted octanol–water partition coefficient (Wildman–Crippen LogP) is 2.61. The van der Waals surface area contributed by atoms with Gasteiger partial charge in [0.2, 0.25) is 0 Å². The van der Waals surface area contributed by atoms with E-state index in [0.717, 1.165) is 5.92 Å². The zero-order valence-corrected chi connectivity index (χ0v) is 9.28. The first-order valence-electron chi connectivity index (χ1n) is 5.79. The molecule has 0 aromatic carbocycles. The third-order valence-electron chi connectivity index (χ3n) is 3.53. The molecule has 0 spiro atoms. The van der Waals surface area contributed by atoms with Gasteiger partial charge in [-0.15, -0.1) is 0 Å². The summed E-state index contributed by atoms with van der Waals surface area (Å²) >= 11 is 0. The Balaban J connectivity index is 2.06. The largest absolute Gasteiger partial charge is 0.472 e. The number of hydrogen-bond acceptors (Lipinski definition) is 3. The normalized spacial score (nSPS) is 28.9. The minimum atomic E-state index is 0.256. The molecular formula is C12H20N2O. The molecule has 84 valence electrons. The second kappa shape index (κ2) is 4.81. The molecule has 1 aliphatic carbocycles. The lowest BCUT2D eigenvalue weighted by atomic mass is 9.77. The Morgan fingerprint density at radius 3 is 3.00 bits per heavy atom. The topological polar surface area (TPSA) is 51.2 Å². The number of rotatable bonds is 3. The van der Waals surface area contributed by atoms with Gasteiger partial charge in [-0.3, -0.25) is 11.3 Å². The lowest BCUT2D eigenvalue weighted by molar-refractivity contribution is 0.224. The zero-order valence-electron chi connectivity index (χ0n) is 9.28. The summed E-state index contributed by atoms with van der Waals surface area (Å²) in [4.78, 5) is 0. The molecule has 3 atom stereocenters. The highest BCUT2D eigenvalue weighted by molar-refractivity contribution is 5.12. The van der Waals surface area contributed by atoms with E-state index < -0.39 is 0 Å². The summed E-state index contributed by atoms with van der Waals surface area (Å²) in [6.45, 7) is 2.33. The third kappa shape index (κ3) is 2.41. The second-order valence-electron chi connectivity index (χ2n) is 4.73. The molecule has 1 saturated carbocycles. The molecule has 1 fully saturated rings. The number of furan rings is 1. The van der Waals surface area contributed by atoms with Gasteiger partial charge in [-0.05, 0) is 30.7 Å². The molecule has 2 rings (SSSR count). The Morgan fingerprint density at radius 2 is 2.40 bits per heavy atom. The minimum absolute atomic E-state index is 0.256. The molecule has 0 amide bonds. The van der Waals surface area contributed by atoms with Crippen molar-refractivity contribution in [1.82, 2.24) is 5.43 Å². The third-order valence-corrected chi connectivity index (χ3v) is 3.53. The van der Waals surface area contributed by atoms with Crippen LogP contribution < -0.4 is 11.3 Å². The SMILES string of the molecule is CC1CCCC(C(NN)c2ccoc2)C1. The molecule has 0 bridgehead atoms. The summed E-state index contributed by atoms with van der Waals surface area (Å²) in [5.74, 6) is 7.12. The minimum Gasteiger partial charge on any atom is -0.472 e. The maximum absolute atomic E-state index is 5.65. The van der Waals surface area contributed by atoms with Crippen LogP contribution in [0, 0.1) is 11.8 Å². The molecule has 0 aliphatic heterocycles. The molecule has 0 saturated heterocycles. The van der Waals surface area contributed by atoms with Gasteiger partial charge in [0.15, 0.2) is 0 Å². The first-order valence-corrected chi connectivity index (χ1v) is 5.79. The molecule has 1 aromatic rings. The van der Waals surface area contributed by atoms with E-state index >= 15 is 0 Å². The van der Waals surface area contributed by atoms with Gasteiger partial charge in [0.1, 0.15) is 0 Å². The van der Waals surface area contributed by atoms with Crippen molar-refractivity contribution < 1.29 is 4.42 Å². The van der Waals surface area contributed by atoms with E-state index in [2.05, 4.69) is 12.3 Å². The Bertz CT molecular complexity index is 284. The van der Waals surface area contributed by atoms with Gasteiger partial charge < -0.3 is 4.42 Å². The maximum Gasteiger partial charge on any atom is 0.0950 e. The van der Waals surface area contributed by atoms with Crippen LogP contribution >= 0.6 is 0 Å². The molecular weight excluding hydrogens is 188 g/mol. The first kappa shape index (κ1) is 10.7. The molecule has 1 aromatic heterocycles. The van der Waals surface area contributed by atoms with Gasteiger partial charge in [-0.25, -0.2) is 0 Å². The van der Waals surface area contributed by atoms with Crippen LogP contribution in [0.2, 0.25) is 0 Å². The molecule has 1 heterocycles. The van der Waals surface area contributed by atoms with Crippen molar-refractivity contribution in [1.29, 1.82) is 0 Å². The van der Waals surface area contributed by atoms with Crippen LogP contribution in [0.15, 0.2) is 23.0 Å². The molecule has 3 N–H and O–H groups in total. The van der Waals surface area contributed by atoms with Gasteiger partial charge in [0.25, 0.3) is 0 Å². The van der Waals surface area contributed by atoms with Crippen LogP contribution in [0.25, 0.3) is 0 Å². The van der Waals surface area contributed by atoms with E-state index in [-0.39, 0.29) is 6.04 Å². The predicted molar refractivity (Wildman–Crippen MR) is 59.9 cm³/mol. The highest BCUT2D eigenvalue weighted by Gasteiger charge is 2.27. The number of nitrogens with two attached hydrogens (primary N) is 1. The summed E-state index contributed by atoms with van der Waals surface area (Å²) < 4.78 is 5.12. The average Bonchev–Trinajstić information content (AvgIpc) is 2.72. The molecule has 15 heavy (non-hydrogen) atoms. The van der Waals surface area contributed by atoms with Crippen molar-refractivity contribution in [2.45, 2.75) is 38.6 Å². The molecule has 0 radical (unpaired) electrons. The van der Waals surface area contributed by atoms with Crippen LogP contribution in [-0.2, 0) is 0 Å².